The van der Waals surface area contributed by atoms with Gasteiger partial charge in [0.2, 0.25) is 0 Å². The topological polar surface area (TPSA) is 42.6 Å². The molecule has 0 amide bonds. The predicted octanol–water partition coefficient (Wildman–Crippen LogP) is 4.25. The Bertz CT molecular complexity index is 605. The number of para-hydroxylation sites is 1. The van der Waals surface area contributed by atoms with Crippen LogP contribution in [0.25, 0.3) is 11.0 Å². The molecule has 108 valence electrons. The molecule has 4 heteroatoms. The van der Waals surface area contributed by atoms with Crippen molar-refractivity contribution in [3.05, 3.63) is 35.0 Å². The van der Waals surface area contributed by atoms with Gasteiger partial charge in [-0.15, -0.1) is 0 Å². The molecule has 2 heterocycles. The minimum absolute atomic E-state index is 0.0995. The molecule has 2 aromatic rings. The lowest BCUT2D eigenvalue weighted by atomic mass is 9.86. The summed E-state index contributed by atoms with van der Waals surface area (Å²) in [4.78, 5) is 0. The number of benzene rings is 1. The summed E-state index contributed by atoms with van der Waals surface area (Å²) in [6.07, 6.45) is 3.25. The van der Waals surface area contributed by atoms with Crippen molar-refractivity contribution in [3.8, 4) is 0 Å². The lowest BCUT2D eigenvalue weighted by Crippen LogP contribution is -2.38. The fourth-order valence-corrected chi connectivity index (χ4v) is 3.14. The van der Waals surface area contributed by atoms with Crippen molar-refractivity contribution < 1.29 is 14.3 Å². The summed E-state index contributed by atoms with van der Waals surface area (Å²) in [5, 5.41) is 12.4. The second-order valence-electron chi connectivity index (χ2n) is 5.54. The van der Waals surface area contributed by atoms with Crippen molar-refractivity contribution in [1.29, 1.82) is 0 Å². The second kappa shape index (κ2) is 5.40. The van der Waals surface area contributed by atoms with E-state index in [2.05, 4.69) is 6.92 Å². The molecule has 2 atom stereocenters. The summed E-state index contributed by atoms with van der Waals surface area (Å²) < 4.78 is 11.5. The minimum Gasteiger partial charge on any atom is -0.456 e. The molecule has 3 nitrogen and oxygen atoms in total. The first-order valence-corrected chi connectivity index (χ1v) is 7.53. The third-order valence-corrected chi connectivity index (χ3v) is 4.30. The highest BCUT2D eigenvalue weighted by atomic mass is 35.5. The van der Waals surface area contributed by atoms with Crippen LogP contribution in [0.15, 0.2) is 28.7 Å². The van der Waals surface area contributed by atoms with E-state index >= 15 is 0 Å². The monoisotopic (exact) mass is 294 g/mol. The van der Waals surface area contributed by atoms with Crippen LogP contribution in [0.5, 0.6) is 0 Å². The van der Waals surface area contributed by atoms with Gasteiger partial charge in [0, 0.05) is 18.2 Å². The summed E-state index contributed by atoms with van der Waals surface area (Å²) in [5.74, 6) is 0.602. The van der Waals surface area contributed by atoms with Gasteiger partial charge < -0.3 is 14.3 Å². The van der Waals surface area contributed by atoms with E-state index in [1.54, 1.807) is 6.07 Å². The largest absolute Gasteiger partial charge is 0.456 e. The highest BCUT2D eigenvalue weighted by molar-refractivity contribution is 6.34. The smallest absolute Gasteiger partial charge is 0.153 e. The summed E-state index contributed by atoms with van der Waals surface area (Å²) >= 11 is 6.13. The molecule has 0 saturated carbocycles. The van der Waals surface area contributed by atoms with Gasteiger partial charge in [-0.05, 0) is 18.6 Å². The van der Waals surface area contributed by atoms with Gasteiger partial charge >= 0.3 is 0 Å². The van der Waals surface area contributed by atoms with E-state index in [0.29, 0.717) is 35.8 Å². The van der Waals surface area contributed by atoms with Gasteiger partial charge in [0.15, 0.2) is 5.58 Å². The Morgan fingerprint density at radius 2 is 2.30 bits per heavy atom. The Hall–Kier alpha value is -1.03. The molecule has 3 rings (SSSR count). The molecule has 1 saturated heterocycles. The van der Waals surface area contributed by atoms with Crippen LogP contribution in [-0.4, -0.2) is 17.8 Å². The maximum absolute atomic E-state index is 10.9. The van der Waals surface area contributed by atoms with Crippen LogP contribution in [0.4, 0.5) is 0 Å². The predicted molar refractivity (Wildman–Crippen MR) is 79.0 cm³/mol. The molecule has 0 spiro atoms. The number of aliphatic hydroxyl groups is 1. The van der Waals surface area contributed by atoms with Crippen LogP contribution in [0.3, 0.4) is 0 Å². The maximum atomic E-state index is 10.9. The van der Waals surface area contributed by atoms with Crippen LogP contribution in [0.2, 0.25) is 5.02 Å². The van der Waals surface area contributed by atoms with Crippen molar-refractivity contribution in [2.75, 3.05) is 6.61 Å². The van der Waals surface area contributed by atoms with Gasteiger partial charge in [-0.3, -0.25) is 0 Å². The highest BCUT2D eigenvalue weighted by Crippen LogP contribution is 2.39. The van der Waals surface area contributed by atoms with Crippen molar-refractivity contribution in [2.24, 2.45) is 0 Å². The normalized spacial score (nSPS) is 27.1. The molecular weight excluding hydrogens is 276 g/mol. The molecule has 1 aromatic heterocycles. The molecule has 1 aliphatic heterocycles. The van der Waals surface area contributed by atoms with Gasteiger partial charge in [0.1, 0.15) is 11.4 Å². The molecule has 0 radical (unpaired) electrons. The zero-order valence-electron chi connectivity index (χ0n) is 11.6. The molecule has 1 N–H and O–H groups in total. The zero-order valence-corrected chi connectivity index (χ0v) is 12.3. The Balaban J connectivity index is 1.94. The van der Waals surface area contributed by atoms with E-state index in [1.165, 1.54) is 0 Å². The van der Waals surface area contributed by atoms with Crippen LogP contribution >= 0.6 is 11.6 Å². The molecule has 20 heavy (non-hydrogen) atoms. The lowest BCUT2D eigenvalue weighted by Gasteiger charge is -2.35. The molecule has 1 aliphatic rings. The first kappa shape index (κ1) is 13.9. The first-order valence-electron chi connectivity index (χ1n) is 7.15. The second-order valence-corrected chi connectivity index (χ2v) is 5.94. The number of hydrogen-bond donors (Lipinski definition) is 1. The molecule has 0 bridgehead atoms. The van der Waals surface area contributed by atoms with Gasteiger partial charge in [0.25, 0.3) is 0 Å². The standard InChI is InChI=1S/C16H19ClO3/c1-2-4-12-10-16(18,7-8-19-12)14-9-11-5-3-6-13(17)15(11)20-14/h3,5-6,9,12,18H,2,4,7-8,10H2,1H3. The van der Waals surface area contributed by atoms with E-state index < -0.39 is 5.60 Å². The number of fused-ring (bicyclic) bond motifs is 1. The summed E-state index contributed by atoms with van der Waals surface area (Å²) in [6, 6.07) is 7.53. The van der Waals surface area contributed by atoms with Crippen LogP contribution in [-0.2, 0) is 10.3 Å². The van der Waals surface area contributed by atoms with Crippen LogP contribution in [0.1, 0.15) is 38.4 Å². The quantitative estimate of drug-likeness (QED) is 0.920. The molecule has 0 aliphatic carbocycles. The van der Waals surface area contributed by atoms with Crippen molar-refractivity contribution in [2.45, 2.75) is 44.3 Å². The number of halogens is 1. The third kappa shape index (κ3) is 2.46. The van der Waals surface area contributed by atoms with Crippen molar-refractivity contribution in [3.63, 3.8) is 0 Å². The summed E-state index contributed by atoms with van der Waals surface area (Å²) in [5.41, 5.74) is -0.295. The number of furan rings is 1. The van der Waals surface area contributed by atoms with Crippen LogP contribution in [0, 0.1) is 0 Å². The van der Waals surface area contributed by atoms with E-state index in [1.807, 2.05) is 18.2 Å². The van der Waals surface area contributed by atoms with Gasteiger partial charge in [-0.1, -0.05) is 37.1 Å². The fourth-order valence-electron chi connectivity index (χ4n) is 2.92. The summed E-state index contributed by atoms with van der Waals surface area (Å²) in [6.45, 7) is 2.68. The van der Waals surface area contributed by atoms with E-state index in [9.17, 15) is 5.11 Å². The Morgan fingerprint density at radius 1 is 1.45 bits per heavy atom. The Labute approximate surface area is 123 Å². The highest BCUT2D eigenvalue weighted by Gasteiger charge is 2.39. The van der Waals surface area contributed by atoms with Gasteiger partial charge in [-0.25, -0.2) is 0 Å². The van der Waals surface area contributed by atoms with E-state index in [4.69, 9.17) is 20.8 Å². The first-order chi connectivity index (χ1) is 9.62. The fraction of sp³-hybridized carbons (Fsp3) is 0.500. The van der Waals surface area contributed by atoms with Crippen molar-refractivity contribution >= 4 is 22.6 Å². The average molecular weight is 295 g/mol. The minimum atomic E-state index is -0.944. The maximum Gasteiger partial charge on any atom is 0.153 e. The SMILES string of the molecule is CCCC1CC(O)(c2cc3cccc(Cl)c3o2)CCO1. The number of hydrogen-bond acceptors (Lipinski definition) is 3. The van der Waals surface area contributed by atoms with Gasteiger partial charge in [-0.2, -0.15) is 0 Å². The third-order valence-electron chi connectivity index (χ3n) is 4.00. The average Bonchev–Trinajstić information content (AvgIpc) is 2.86. The molecule has 1 aromatic carbocycles. The molecular formula is C16H19ClO3. The molecule has 1 fully saturated rings. The molecule has 2 unspecified atom stereocenters. The van der Waals surface area contributed by atoms with Gasteiger partial charge in [0.05, 0.1) is 17.7 Å². The van der Waals surface area contributed by atoms with Crippen molar-refractivity contribution in [1.82, 2.24) is 0 Å². The number of ether oxygens (including phenoxy) is 1. The van der Waals surface area contributed by atoms with Crippen LogP contribution < -0.4 is 0 Å². The zero-order chi connectivity index (χ0) is 14.2. The number of rotatable bonds is 3. The van der Waals surface area contributed by atoms with E-state index in [0.717, 1.165) is 18.2 Å². The Morgan fingerprint density at radius 3 is 3.05 bits per heavy atom. The lowest BCUT2D eigenvalue weighted by molar-refractivity contribution is -0.118. The van der Waals surface area contributed by atoms with E-state index in [-0.39, 0.29) is 6.10 Å². The Kier molecular flexibility index (Phi) is 3.76. The summed E-state index contributed by atoms with van der Waals surface area (Å²) in [7, 11) is 0.